The van der Waals surface area contributed by atoms with Gasteiger partial charge < -0.3 is 10.5 Å². The molecule has 2 unspecified atom stereocenters. The lowest BCUT2D eigenvalue weighted by Crippen LogP contribution is -2.30. The second-order valence-corrected chi connectivity index (χ2v) is 4.51. The van der Waals surface area contributed by atoms with Crippen LogP contribution in [0.1, 0.15) is 43.7 Å². The molecule has 0 aliphatic rings. The topological polar surface area (TPSA) is 52.3 Å². The molecular formula is C15H23NO2. The molecule has 0 saturated heterocycles. The molecule has 1 rings (SSSR count). The van der Waals surface area contributed by atoms with Crippen molar-refractivity contribution in [3.8, 4) is 0 Å². The monoisotopic (exact) mass is 249 g/mol. The van der Waals surface area contributed by atoms with Gasteiger partial charge in [0.1, 0.15) is 0 Å². The van der Waals surface area contributed by atoms with Crippen LogP contribution < -0.4 is 5.73 Å². The van der Waals surface area contributed by atoms with Gasteiger partial charge in [0, 0.05) is 12.0 Å². The first-order valence-corrected chi connectivity index (χ1v) is 6.54. The summed E-state index contributed by atoms with van der Waals surface area (Å²) in [5.74, 6) is -0.159. The molecule has 0 fully saturated rings. The number of methoxy groups -OCH3 is 1. The standard InChI is InChI=1S/C15H23NO2/c1-4-11-8-6-7-9-12(11)13(14(16)5-2)10-15(17)18-3/h6-9,13-14H,4-5,10,16H2,1-3H3. The summed E-state index contributed by atoms with van der Waals surface area (Å²) >= 11 is 0. The maximum absolute atomic E-state index is 11.5. The highest BCUT2D eigenvalue weighted by atomic mass is 16.5. The average molecular weight is 249 g/mol. The number of aryl methyl sites for hydroxylation is 1. The lowest BCUT2D eigenvalue weighted by atomic mass is 9.84. The van der Waals surface area contributed by atoms with Crippen LogP contribution in [0.2, 0.25) is 0 Å². The van der Waals surface area contributed by atoms with Gasteiger partial charge in [-0.2, -0.15) is 0 Å². The van der Waals surface area contributed by atoms with Gasteiger partial charge in [-0.15, -0.1) is 0 Å². The van der Waals surface area contributed by atoms with Crippen molar-refractivity contribution in [2.24, 2.45) is 5.73 Å². The maximum Gasteiger partial charge on any atom is 0.306 e. The molecule has 1 aromatic carbocycles. The zero-order valence-corrected chi connectivity index (χ0v) is 11.5. The summed E-state index contributed by atoms with van der Waals surface area (Å²) in [5.41, 5.74) is 8.61. The third-order valence-corrected chi connectivity index (χ3v) is 3.44. The van der Waals surface area contributed by atoms with Crippen LogP contribution in [-0.4, -0.2) is 19.1 Å². The number of carbonyl (C=O) groups is 1. The molecule has 0 aliphatic heterocycles. The smallest absolute Gasteiger partial charge is 0.306 e. The summed E-state index contributed by atoms with van der Waals surface area (Å²) in [6, 6.07) is 8.18. The SMILES string of the molecule is CCc1ccccc1C(CC(=O)OC)C(N)CC. The van der Waals surface area contributed by atoms with Gasteiger partial charge in [0.25, 0.3) is 0 Å². The van der Waals surface area contributed by atoms with Gasteiger partial charge in [-0.1, -0.05) is 38.1 Å². The van der Waals surface area contributed by atoms with Crippen molar-refractivity contribution >= 4 is 5.97 Å². The van der Waals surface area contributed by atoms with Crippen molar-refractivity contribution < 1.29 is 9.53 Å². The summed E-state index contributed by atoms with van der Waals surface area (Å²) < 4.78 is 4.78. The molecule has 0 aromatic heterocycles. The number of esters is 1. The van der Waals surface area contributed by atoms with Crippen LogP contribution in [-0.2, 0) is 16.0 Å². The Morgan fingerprint density at radius 3 is 2.56 bits per heavy atom. The van der Waals surface area contributed by atoms with Crippen LogP contribution in [0.3, 0.4) is 0 Å². The molecule has 1 aromatic rings. The van der Waals surface area contributed by atoms with E-state index in [0.29, 0.717) is 6.42 Å². The molecule has 100 valence electrons. The molecule has 0 saturated carbocycles. The minimum atomic E-state index is -0.199. The lowest BCUT2D eigenvalue weighted by Gasteiger charge is -2.24. The van der Waals surface area contributed by atoms with Crippen molar-refractivity contribution in [2.45, 2.75) is 45.1 Å². The van der Waals surface area contributed by atoms with E-state index in [1.54, 1.807) is 0 Å². The summed E-state index contributed by atoms with van der Waals surface area (Å²) in [6.45, 7) is 4.16. The van der Waals surface area contributed by atoms with Crippen LogP contribution in [0.5, 0.6) is 0 Å². The molecule has 0 bridgehead atoms. The first-order valence-electron chi connectivity index (χ1n) is 6.54. The Morgan fingerprint density at radius 1 is 1.33 bits per heavy atom. The van der Waals surface area contributed by atoms with Crippen molar-refractivity contribution in [3.05, 3.63) is 35.4 Å². The fraction of sp³-hybridized carbons (Fsp3) is 0.533. The van der Waals surface area contributed by atoms with Gasteiger partial charge in [0.05, 0.1) is 13.5 Å². The minimum Gasteiger partial charge on any atom is -0.469 e. The molecule has 0 radical (unpaired) electrons. The third kappa shape index (κ3) is 3.57. The van der Waals surface area contributed by atoms with E-state index in [9.17, 15) is 4.79 Å². The number of ether oxygens (including phenoxy) is 1. The van der Waals surface area contributed by atoms with Gasteiger partial charge in [-0.3, -0.25) is 4.79 Å². The number of hydrogen-bond donors (Lipinski definition) is 1. The summed E-state index contributed by atoms with van der Waals surface area (Å²) in [5, 5.41) is 0. The molecule has 0 heterocycles. The van der Waals surface area contributed by atoms with E-state index in [2.05, 4.69) is 19.1 Å². The number of benzene rings is 1. The molecule has 3 heteroatoms. The van der Waals surface area contributed by atoms with E-state index in [1.807, 2.05) is 19.1 Å². The van der Waals surface area contributed by atoms with Gasteiger partial charge >= 0.3 is 5.97 Å². The molecule has 2 atom stereocenters. The van der Waals surface area contributed by atoms with E-state index in [-0.39, 0.29) is 17.9 Å². The summed E-state index contributed by atoms with van der Waals surface area (Å²) in [7, 11) is 1.42. The minimum absolute atomic E-state index is 0.0169. The zero-order valence-electron chi connectivity index (χ0n) is 11.5. The van der Waals surface area contributed by atoms with Crippen LogP contribution in [0, 0.1) is 0 Å². The number of carbonyl (C=O) groups excluding carboxylic acids is 1. The highest BCUT2D eigenvalue weighted by Crippen LogP contribution is 2.28. The van der Waals surface area contributed by atoms with E-state index < -0.39 is 0 Å². The van der Waals surface area contributed by atoms with E-state index in [1.165, 1.54) is 18.2 Å². The van der Waals surface area contributed by atoms with Crippen molar-refractivity contribution in [1.29, 1.82) is 0 Å². The van der Waals surface area contributed by atoms with Crippen molar-refractivity contribution in [1.82, 2.24) is 0 Å². The third-order valence-electron chi connectivity index (χ3n) is 3.44. The molecule has 0 spiro atoms. The van der Waals surface area contributed by atoms with Crippen molar-refractivity contribution in [3.63, 3.8) is 0 Å². The Bertz CT molecular complexity index is 390. The second-order valence-electron chi connectivity index (χ2n) is 4.51. The van der Waals surface area contributed by atoms with Gasteiger partial charge in [0.2, 0.25) is 0 Å². The number of nitrogens with two attached hydrogens (primary N) is 1. The predicted octanol–water partition coefficient (Wildman–Crippen LogP) is 2.63. The van der Waals surface area contributed by atoms with E-state index in [0.717, 1.165) is 12.8 Å². The molecular weight excluding hydrogens is 226 g/mol. The Balaban J connectivity index is 3.04. The Morgan fingerprint density at radius 2 is 2.00 bits per heavy atom. The fourth-order valence-electron chi connectivity index (χ4n) is 2.26. The summed E-state index contributed by atoms with van der Waals surface area (Å²) in [4.78, 5) is 11.5. The Hall–Kier alpha value is -1.35. The van der Waals surface area contributed by atoms with Gasteiger partial charge in [-0.05, 0) is 24.0 Å². The highest BCUT2D eigenvalue weighted by molar-refractivity contribution is 5.70. The highest BCUT2D eigenvalue weighted by Gasteiger charge is 2.23. The van der Waals surface area contributed by atoms with Gasteiger partial charge in [-0.25, -0.2) is 0 Å². The van der Waals surface area contributed by atoms with Crippen molar-refractivity contribution in [2.75, 3.05) is 7.11 Å². The Labute approximate surface area is 109 Å². The molecule has 2 N–H and O–H groups in total. The van der Waals surface area contributed by atoms with Crippen LogP contribution >= 0.6 is 0 Å². The number of rotatable bonds is 6. The Kier molecular flexibility index (Phi) is 5.86. The molecule has 18 heavy (non-hydrogen) atoms. The normalized spacial score (nSPS) is 14.0. The second kappa shape index (κ2) is 7.17. The quantitative estimate of drug-likeness (QED) is 0.788. The van der Waals surface area contributed by atoms with Crippen LogP contribution in [0.15, 0.2) is 24.3 Å². The maximum atomic E-state index is 11.5. The average Bonchev–Trinajstić information content (AvgIpc) is 2.43. The summed E-state index contributed by atoms with van der Waals surface area (Å²) in [6.07, 6.45) is 2.15. The van der Waals surface area contributed by atoms with Crippen LogP contribution in [0.25, 0.3) is 0 Å². The molecule has 0 aliphatic carbocycles. The van der Waals surface area contributed by atoms with E-state index >= 15 is 0 Å². The zero-order chi connectivity index (χ0) is 13.5. The van der Waals surface area contributed by atoms with E-state index in [4.69, 9.17) is 10.5 Å². The number of hydrogen-bond acceptors (Lipinski definition) is 3. The predicted molar refractivity (Wildman–Crippen MR) is 73.5 cm³/mol. The first-order chi connectivity index (χ1) is 8.63. The molecule has 0 amide bonds. The first kappa shape index (κ1) is 14.7. The fourth-order valence-corrected chi connectivity index (χ4v) is 2.26. The molecule has 3 nitrogen and oxygen atoms in total. The van der Waals surface area contributed by atoms with Crippen LogP contribution in [0.4, 0.5) is 0 Å². The van der Waals surface area contributed by atoms with Gasteiger partial charge in [0.15, 0.2) is 0 Å². The largest absolute Gasteiger partial charge is 0.469 e. The lowest BCUT2D eigenvalue weighted by molar-refractivity contribution is -0.141.